The number of carbonyl (C=O) groups excluding carboxylic acids is 1. The van der Waals surface area contributed by atoms with Crippen LogP contribution in [0.5, 0.6) is 5.75 Å². The van der Waals surface area contributed by atoms with Crippen LogP contribution >= 0.6 is 0 Å². The molecule has 0 spiro atoms. The molecule has 4 nitrogen and oxygen atoms in total. The number of aromatic nitrogens is 1. The number of nitrogens with zero attached hydrogens (tertiary/aromatic N) is 1. The fourth-order valence-corrected chi connectivity index (χ4v) is 7.43. The molecule has 1 aromatic heterocycles. The summed E-state index contributed by atoms with van der Waals surface area (Å²) in [5.41, 5.74) is 0.568. The van der Waals surface area contributed by atoms with E-state index in [9.17, 15) is 4.79 Å². The maximum atomic E-state index is 11.9. The molecule has 2 unspecified atom stereocenters. The Labute approximate surface area is 162 Å². The van der Waals surface area contributed by atoms with E-state index in [0.717, 1.165) is 42.8 Å². The number of piperidine rings is 1. The van der Waals surface area contributed by atoms with Gasteiger partial charge in [-0.25, -0.2) is 0 Å². The lowest BCUT2D eigenvalue weighted by atomic mass is 9.47. The minimum Gasteiger partial charge on any atom is -0.488 e. The van der Waals surface area contributed by atoms with E-state index in [1.54, 1.807) is 6.20 Å². The Morgan fingerprint density at radius 1 is 1.07 bits per heavy atom. The third-order valence-electron chi connectivity index (χ3n) is 8.92. The Balaban J connectivity index is 1.38. The third kappa shape index (κ3) is 2.62. The number of amides is 1. The number of hydrogen-bond acceptors (Lipinski definition) is 3. The first-order valence-electron chi connectivity index (χ1n) is 10.9. The largest absolute Gasteiger partial charge is 0.488 e. The van der Waals surface area contributed by atoms with Crippen molar-refractivity contribution in [2.45, 2.75) is 77.4 Å². The van der Waals surface area contributed by atoms with Gasteiger partial charge in [-0.1, -0.05) is 13.8 Å². The highest BCUT2D eigenvalue weighted by Gasteiger charge is 2.61. The average molecular weight is 369 g/mol. The van der Waals surface area contributed by atoms with E-state index in [0.29, 0.717) is 24.0 Å². The van der Waals surface area contributed by atoms with E-state index in [2.05, 4.69) is 24.1 Å². The smallest absolute Gasteiger partial charge is 0.220 e. The quantitative estimate of drug-likeness (QED) is 0.844. The maximum Gasteiger partial charge on any atom is 0.220 e. The van der Waals surface area contributed by atoms with Crippen molar-refractivity contribution in [3.8, 4) is 5.75 Å². The Bertz CT molecular complexity index is 722. The monoisotopic (exact) mass is 368 g/mol. The van der Waals surface area contributed by atoms with Crippen molar-refractivity contribution in [1.82, 2.24) is 10.3 Å². The van der Waals surface area contributed by atoms with Crippen molar-refractivity contribution in [3.63, 3.8) is 0 Å². The van der Waals surface area contributed by atoms with E-state index in [1.807, 2.05) is 18.3 Å². The van der Waals surface area contributed by atoms with Crippen LogP contribution in [0.4, 0.5) is 0 Å². The summed E-state index contributed by atoms with van der Waals surface area (Å²) in [6.07, 6.45) is 13.2. The van der Waals surface area contributed by atoms with Gasteiger partial charge in [0.05, 0.1) is 6.20 Å². The van der Waals surface area contributed by atoms with Crippen molar-refractivity contribution in [2.75, 3.05) is 0 Å². The number of carbonyl (C=O) groups is 1. The van der Waals surface area contributed by atoms with Gasteiger partial charge in [-0.3, -0.25) is 9.78 Å². The van der Waals surface area contributed by atoms with Crippen LogP contribution in [0.1, 0.15) is 65.2 Å². The van der Waals surface area contributed by atoms with Crippen LogP contribution in [0.15, 0.2) is 24.5 Å². The lowest BCUT2D eigenvalue weighted by Gasteiger charge is -2.60. The molecule has 4 fully saturated rings. The normalized spacial score (nSPS) is 46.0. The maximum absolute atomic E-state index is 11.9. The molecule has 27 heavy (non-hydrogen) atoms. The molecule has 0 bridgehead atoms. The van der Waals surface area contributed by atoms with Crippen molar-refractivity contribution in [2.24, 2.45) is 28.6 Å². The average Bonchev–Trinajstić information content (AvgIpc) is 3.00. The summed E-state index contributed by atoms with van der Waals surface area (Å²) in [6.45, 7) is 4.95. The molecule has 5 rings (SSSR count). The summed E-state index contributed by atoms with van der Waals surface area (Å²) in [4.78, 5) is 16.2. The molecule has 2 heterocycles. The van der Waals surface area contributed by atoms with Crippen LogP contribution in [0.3, 0.4) is 0 Å². The number of hydrogen-bond donors (Lipinski definition) is 1. The first-order valence-corrected chi connectivity index (χ1v) is 10.9. The van der Waals surface area contributed by atoms with Crippen molar-refractivity contribution in [3.05, 3.63) is 24.5 Å². The highest BCUT2D eigenvalue weighted by molar-refractivity contribution is 5.77. The van der Waals surface area contributed by atoms with E-state index in [4.69, 9.17) is 4.74 Å². The predicted octanol–water partition coefficient (Wildman–Crippen LogP) is 4.35. The molecule has 1 aliphatic heterocycles. The number of fused-ring (bicyclic) bond motifs is 5. The zero-order valence-electron chi connectivity index (χ0n) is 16.6. The van der Waals surface area contributed by atoms with E-state index in [1.165, 1.54) is 25.7 Å². The van der Waals surface area contributed by atoms with E-state index < -0.39 is 0 Å². The number of ether oxygens (including phenoxy) is 1. The van der Waals surface area contributed by atoms with Crippen LogP contribution in [-0.2, 0) is 4.79 Å². The SMILES string of the molecule is C[C@]12CCC(=O)NC1CC[C@@H]1[C@H]2CC[C@]2(C)C(Oc3cccnc3)CC[C@@H]12. The molecule has 4 heteroatoms. The van der Waals surface area contributed by atoms with Crippen LogP contribution in [0, 0.1) is 28.6 Å². The molecular formula is C23H32N2O2. The van der Waals surface area contributed by atoms with Crippen LogP contribution in [-0.4, -0.2) is 23.0 Å². The molecule has 1 aromatic rings. The van der Waals surface area contributed by atoms with Crippen LogP contribution < -0.4 is 10.1 Å². The minimum absolute atomic E-state index is 0.266. The van der Waals surface area contributed by atoms with Crippen molar-refractivity contribution >= 4 is 5.91 Å². The standard InChI is InChI=1S/C23H32N2O2/c1-22-12-10-21(26)25-19(22)7-5-16-17-6-8-20(23(17,2)11-9-18(16)22)27-15-4-3-13-24-14-15/h3-4,13-14,16-20H,5-12H2,1-2H3,(H,25,26)/t16-,17-,18+,19?,20?,22+,23-/m0/s1. The number of nitrogens with one attached hydrogen (secondary N) is 1. The van der Waals surface area contributed by atoms with E-state index >= 15 is 0 Å². The Morgan fingerprint density at radius 3 is 2.74 bits per heavy atom. The first kappa shape index (κ1) is 17.5. The van der Waals surface area contributed by atoms with Gasteiger partial charge in [-0.2, -0.15) is 0 Å². The molecule has 7 atom stereocenters. The molecule has 3 saturated carbocycles. The molecule has 146 valence electrons. The van der Waals surface area contributed by atoms with Crippen LogP contribution in [0.2, 0.25) is 0 Å². The molecule has 4 aliphatic rings. The molecule has 0 radical (unpaired) electrons. The summed E-state index contributed by atoms with van der Waals surface area (Å²) in [5, 5.41) is 3.33. The van der Waals surface area contributed by atoms with Crippen molar-refractivity contribution < 1.29 is 9.53 Å². The van der Waals surface area contributed by atoms with Gasteiger partial charge in [0, 0.05) is 24.1 Å². The second-order valence-corrected chi connectivity index (χ2v) is 10.00. The Morgan fingerprint density at radius 2 is 1.93 bits per heavy atom. The molecule has 3 aliphatic carbocycles. The van der Waals surface area contributed by atoms with Gasteiger partial charge in [0.25, 0.3) is 0 Å². The second-order valence-electron chi connectivity index (χ2n) is 10.00. The first-order chi connectivity index (χ1) is 13.0. The summed E-state index contributed by atoms with van der Waals surface area (Å²) < 4.78 is 6.45. The highest BCUT2D eigenvalue weighted by atomic mass is 16.5. The highest BCUT2D eigenvalue weighted by Crippen LogP contribution is 2.64. The van der Waals surface area contributed by atoms with Crippen LogP contribution in [0.25, 0.3) is 0 Å². The number of pyridine rings is 1. The van der Waals surface area contributed by atoms with Gasteiger partial charge in [-0.05, 0) is 80.2 Å². The third-order valence-corrected chi connectivity index (χ3v) is 8.92. The van der Waals surface area contributed by atoms with Crippen molar-refractivity contribution in [1.29, 1.82) is 0 Å². The summed E-state index contributed by atoms with van der Waals surface area (Å²) >= 11 is 0. The van der Waals surface area contributed by atoms with Gasteiger partial charge in [0.1, 0.15) is 11.9 Å². The molecule has 0 aromatic carbocycles. The van der Waals surface area contributed by atoms with Gasteiger partial charge in [0.2, 0.25) is 5.91 Å². The Hall–Kier alpha value is -1.58. The predicted molar refractivity (Wildman–Crippen MR) is 104 cm³/mol. The number of rotatable bonds is 2. The minimum atomic E-state index is 0.266. The lowest BCUT2D eigenvalue weighted by Crippen LogP contribution is -2.61. The summed E-state index contributed by atoms with van der Waals surface area (Å²) in [6, 6.07) is 4.39. The lowest BCUT2D eigenvalue weighted by molar-refractivity contribution is -0.137. The summed E-state index contributed by atoms with van der Waals surface area (Å²) in [5.74, 6) is 3.49. The fourth-order valence-electron chi connectivity index (χ4n) is 7.43. The molecular weight excluding hydrogens is 336 g/mol. The van der Waals surface area contributed by atoms with Gasteiger partial charge >= 0.3 is 0 Å². The Kier molecular flexibility index (Phi) is 4.03. The van der Waals surface area contributed by atoms with Gasteiger partial charge in [-0.15, -0.1) is 0 Å². The molecule has 1 saturated heterocycles. The molecule has 1 N–H and O–H groups in total. The van der Waals surface area contributed by atoms with Gasteiger partial charge in [0.15, 0.2) is 0 Å². The topological polar surface area (TPSA) is 51.2 Å². The molecule has 1 amide bonds. The fraction of sp³-hybridized carbons (Fsp3) is 0.739. The second kappa shape index (κ2) is 6.22. The van der Waals surface area contributed by atoms with E-state index in [-0.39, 0.29) is 11.3 Å². The zero-order valence-corrected chi connectivity index (χ0v) is 16.6. The summed E-state index contributed by atoms with van der Waals surface area (Å²) in [7, 11) is 0. The zero-order chi connectivity index (χ0) is 18.6. The van der Waals surface area contributed by atoms with Gasteiger partial charge < -0.3 is 10.1 Å².